The van der Waals surface area contributed by atoms with Crippen LogP contribution >= 0.6 is 0 Å². The fraction of sp³-hybridized carbons (Fsp3) is 0.706. The summed E-state index contributed by atoms with van der Waals surface area (Å²) in [6.07, 6.45) is 5.87. The van der Waals surface area contributed by atoms with Gasteiger partial charge in [-0.25, -0.2) is 4.98 Å². The molecule has 1 aromatic heterocycles. The van der Waals surface area contributed by atoms with Crippen molar-refractivity contribution in [2.24, 2.45) is 0 Å². The number of amides is 1. The van der Waals surface area contributed by atoms with Gasteiger partial charge in [0.2, 0.25) is 0 Å². The highest BCUT2D eigenvalue weighted by molar-refractivity contribution is 5.93. The molecule has 0 bridgehead atoms. The number of H-pyrrole nitrogens is 1. The number of hydrogen-bond acceptors (Lipinski definition) is 5. The van der Waals surface area contributed by atoms with Crippen molar-refractivity contribution in [2.45, 2.75) is 56.1 Å². The maximum absolute atomic E-state index is 12.6. The van der Waals surface area contributed by atoms with Crippen molar-refractivity contribution in [1.29, 1.82) is 0 Å². The Kier molecular flexibility index (Phi) is 3.92. The van der Waals surface area contributed by atoms with Crippen LogP contribution in [0.1, 0.15) is 60.6 Å². The Hall–Kier alpha value is -1.73. The van der Waals surface area contributed by atoms with E-state index >= 15 is 0 Å². The second-order valence-electron chi connectivity index (χ2n) is 7.15. The highest BCUT2D eigenvalue weighted by atomic mass is 16.5. The minimum Gasteiger partial charge on any atom is -0.390 e. The van der Waals surface area contributed by atoms with E-state index in [-0.39, 0.29) is 17.0 Å². The lowest BCUT2D eigenvalue weighted by molar-refractivity contribution is -0.174. The normalized spacial score (nSPS) is 26.5. The van der Waals surface area contributed by atoms with E-state index in [4.69, 9.17) is 4.74 Å². The maximum Gasteiger partial charge on any atom is 0.263 e. The van der Waals surface area contributed by atoms with Gasteiger partial charge in [-0.2, -0.15) is 0 Å². The van der Waals surface area contributed by atoms with Gasteiger partial charge < -0.3 is 19.7 Å². The molecule has 2 saturated heterocycles. The van der Waals surface area contributed by atoms with Crippen molar-refractivity contribution in [3.8, 4) is 0 Å². The van der Waals surface area contributed by atoms with Crippen molar-refractivity contribution in [2.75, 3.05) is 19.7 Å². The first-order chi connectivity index (χ1) is 11.6. The molecule has 3 fully saturated rings. The number of carbonyl (C=O) groups excluding carboxylic acids is 1. The van der Waals surface area contributed by atoms with Gasteiger partial charge in [-0.3, -0.25) is 9.59 Å². The molecule has 4 rings (SSSR count). The Morgan fingerprint density at radius 1 is 1.33 bits per heavy atom. The number of aliphatic hydroxyl groups is 1. The first kappa shape index (κ1) is 15.8. The summed E-state index contributed by atoms with van der Waals surface area (Å²) >= 11 is 0. The van der Waals surface area contributed by atoms with Gasteiger partial charge in [0, 0.05) is 31.8 Å². The minimum absolute atomic E-state index is 0.0976. The summed E-state index contributed by atoms with van der Waals surface area (Å²) in [4.78, 5) is 33.5. The first-order valence-electron chi connectivity index (χ1n) is 8.79. The number of carbonyl (C=O) groups is 1. The Morgan fingerprint density at radius 3 is 2.71 bits per heavy atom. The van der Waals surface area contributed by atoms with Gasteiger partial charge in [0.1, 0.15) is 11.4 Å². The molecule has 1 atom stereocenters. The lowest BCUT2D eigenvalue weighted by Crippen LogP contribution is -2.56. The number of aromatic amines is 1. The highest BCUT2D eigenvalue weighted by Crippen LogP contribution is 2.37. The average molecular weight is 333 g/mol. The van der Waals surface area contributed by atoms with E-state index in [2.05, 4.69) is 9.97 Å². The number of aliphatic hydroxyl groups excluding tert-OH is 1. The molecule has 1 unspecified atom stereocenters. The van der Waals surface area contributed by atoms with Crippen molar-refractivity contribution in [3.05, 3.63) is 27.9 Å². The molecule has 7 heteroatoms. The van der Waals surface area contributed by atoms with Crippen LogP contribution in [0.5, 0.6) is 0 Å². The van der Waals surface area contributed by atoms with Crippen LogP contribution in [0.25, 0.3) is 0 Å². The molecular formula is C17H23N3O4. The zero-order chi connectivity index (χ0) is 16.7. The molecule has 1 aromatic rings. The van der Waals surface area contributed by atoms with E-state index in [9.17, 15) is 14.7 Å². The average Bonchev–Trinajstić information content (AvgIpc) is 3.43. The zero-order valence-corrected chi connectivity index (χ0v) is 13.7. The van der Waals surface area contributed by atoms with Gasteiger partial charge in [-0.05, 0) is 38.5 Å². The number of likely N-dealkylation sites (tertiary alicyclic amines) is 1. The second kappa shape index (κ2) is 5.97. The standard InChI is InChI=1S/C17H23N3O4/c21-13-2-1-9-24-17(13)5-7-20(8-6-17)16(23)12-10-18-14(11-3-4-11)19-15(12)22/h10-11,13,21H,1-9H2,(H,18,19,22). The summed E-state index contributed by atoms with van der Waals surface area (Å²) in [6.45, 7) is 1.64. The Labute approximate surface area is 140 Å². The molecule has 1 spiro atoms. The molecule has 7 nitrogen and oxygen atoms in total. The number of hydrogen-bond donors (Lipinski definition) is 2. The Balaban J connectivity index is 1.45. The van der Waals surface area contributed by atoms with Crippen LogP contribution in [0.3, 0.4) is 0 Å². The second-order valence-corrected chi connectivity index (χ2v) is 7.15. The van der Waals surface area contributed by atoms with Crippen molar-refractivity contribution >= 4 is 5.91 Å². The van der Waals surface area contributed by atoms with Gasteiger partial charge in [-0.1, -0.05) is 0 Å². The van der Waals surface area contributed by atoms with E-state index < -0.39 is 11.7 Å². The molecule has 1 aliphatic carbocycles. The third-order valence-electron chi connectivity index (χ3n) is 5.53. The van der Waals surface area contributed by atoms with Gasteiger partial charge >= 0.3 is 0 Å². The lowest BCUT2D eigenvalue weighted by Gasteiger charge is -2.46. The van der Waals surface area contributed by atoms with Gasteiger partial charge in [0.25, 0.3) is 11.5 Å². The third-order valence-corrected chi connectivity index (χ3v) is 5.53. The summed E-state index contributed by atoms with van der Waals surface area (Å²) < 4.78 is 5.86. The van der Waals surface area contributed by atoms with Crippen LogP contribution in [0, 0.1) is 0 Å². The van der Waals surface area contributed by atoms with Crippen LogP contribution < -0.4 is 5.56 Å². The van der Waals surface area contributed by atoms with Crippen molar-refractivity contribution in [1.82, 2.24) is 14.9 Å². The quantitative estimate of drug-likeness (QED) is 0.834. The van der Waals surface area contributed by atoms with Crippen LogP contribution in [0.2, 0.25) is 0 Å². The largest absolute Gasteiger partial charge is 0.390 e. The molecular weight excluding hydrogens is 310 g/mol. The van der Waals surface area contributed by atoms with E-state index in [1.807, 2.05) is 0 Å². The molecule has 130 valence electrons. The monoisotopic (exact) mass is 333 g/mol. The maximum atomic E-state index is 12.6. The van der Waals surface area contributed by atoms with Crippen LogP contribution in [0.4, 0.5) is 0 Å². The number of rotatable bonds is 2. The molecule has 3 aliphatic rings. The molecule has 24 heavy (non-hydrogen) atoms. The topological polar surface area (TPSA) is 95.5 Å². The van der Waals surface area contributed by atoms with Gasteiger partial charge in [0.15, 0.2) is 0 Å². The lowest BCUT2D eigenvalue weighted by atomic mass is 9.82. The van der Waals surface area contributed by atoms with E-state index in [0.717, 1.165) is 25.7 Å². The van der Waals surface area contributed by atoms with Crippen molar-refractivity contribution < 1.29 is 14.6 Å². The molecule has 1 amide bonds. The summed E-state index contributed by atoms with van der Waals surface area (Å²) in [5, 5.41) is 10.3. The summed E-state index contributed by atoms with van der Waals surface area (Å²) in [7, 11) is 0. The summed E-state index contributed by atoms with van der Waals surface area (Å²) in [6, 6.07) is 0. The molecule has 3 heterocycles. The summed E-state index contributed by atoms with van der Waals surface area (Å²) in [5.41, 5.74) is -0.776. The fourth-order valence-electron chi connectivity index (χ4n) is 3.77. The Morgan fingerprint density at radius 2 is 2.08 bits per heavy atom. The number of ether oxygens (including phenoxy) is 1. The number of nitrogens with one attached hydrogen (secondary N) is 1. The highest BCUT2D eigenvalue weighted by Gasteiger charge is 2.44. The number of piperidine rings is 1. The van der Waals surface area contributed by atoms with Crippen LogP contribution in [0.15, 0.2) is 11.0 Å². The minimum atomic E-state index is -0.518. The first-order valence-corrected chi connectivity index (χ1v) is 8.79. The zero-order valence-electron chi connectivity index (χ0n) is 13.7. The predicted octanol–water partition coefficient (Wildman–Crippen LogP) is 0.793. The number of nitrogens with zero attached hydrogens (tertiary/aromatic N) is 2. The van der Waals surface area contributed by atoms with E-state index in [1.54, 1.807) is 4.90 Å². The SMILES string of the molecule is O=C(c1cnc(C2CC2)[nH]c1=O)N1CCC2(CC1)OCCCC2O. The van der Waals surface area contributed by atoms with E-state index in [0.29, 0.717) is 44.3 Å². The van der Waals surface area contributed by atoms with Gasteiger partial charge in [-0.15, -0.1) is 0 Å². The van der Waals surface area contributed by atoms with Crippen LogP contribution in [-0.4, -0.2) is 57.3 Å². The smallest absolute Gasteiger partial charge is 0.263 e. The molecule has 1 saturated carbocycles. The molecule has 2 N–H and O–H groups in total. The molecule has 2 aliphatic heterocycles. The molecule has 0 aromatic carbocycles. The van der Waals surface area contributed by atoms with Crippen LogP contribution in [-0.2, 0) is 4.74 Å². The van der Waals surface area contributed by atoms with Gasteiger partial charge in [0.05, 0.1) is 11.7 Å². The summed E-state index contributed by atoms with van der Waals surface area (Å²) in [5.74, 6) is 0.751. The fourth-order valence-corrected chi connectivity index (χ4v) is 3.77. The number of aromatic nitrogens is 2. The predicted molar refractivity (Wildman–Crippen MR) is 85.9 cm³/mol. The molecule has 0 radical (unpaired) electrons. The van der Waals surface area contributed by atoms with E-state index in [1.165, 1.54) is 6.20 Å². The third kappa shape index (κ3) is 2.75. The van der Waals surface area contributed by atoms with Crippen molar-refractivity contribution in [3.63, 3.8) is 0 Å². The Bertz CT molecular complexity index is 689.